The van der Waals surface area contributed by atoms with Gasteiger partial charge >= 0.3 is 0 Å². The minimum atomic E-state index is -0.391. The minimum Gasteiger partial charge on any atom is -0.378 e. The molecule has 5 nitrogen and oxygen atoms in total. The van der Waals surface area contributed by atoms with Crippen molar-refractivity contribution >= 4 is 27.6 Å². The fourth-order valence-electron chi connectivity index (χ4n) is 2.27. The van der Waals surface area contributed by atoms with Crippen molar-refractivity contribution in [3.63, 3.8) is 0 Å². The second-order valence-electron chi connectivity index (χ2n) is 4.89. The van der Waals surface area contributed by atoms with Crippen molar-refractivity contribution in [3.8, 4) is 0 Å². The number of carbonyl (C=O) groups excluding carboxylic acids is 2. The lowest BCUT2D eigenvalue weighted by molar-refractivity contribution is -0.131. The van der Waals surface area contributed by atoms with Gasteiger partial charge in [-0.05, 0) is 19.1 Å². The first-order valence-corrected chi connectivity index (χ1v) is 7.79. The molecule has 0 aromatic heterocycles. The normalized spacial score (nSPS) is 19.2. The van der Waals surface area contributed by atoms with Crippen LogP contribution >= 0.6 is 15.9 Å². The van der Waals surface area contributed by atoms with Gasteiger partial charge in [-0.25, -0.2) is 0 Å². The highest BCUT2D eigenvalue weighted by molar-refractivity contribution is 9.10. The summed E-state index contributed by atoms with van der Waals surface area (Å²) in [5.41, 5.74) is 0.652. The molecule has 0 bridgehead atoms. The summed E-state index contributed by atoms with van der Waals surface area (Å²) in [5.74, 6) is -0.0699. The Morgan fingerprint density at radius 2 is 2.10 bits per heavy atom. The molecule has 0 radical (unpaired) electrons. The highest BCUT2D eigenvalue weighted by Gasteiger charge is 2.30. The summed E-state index contributed by atoms with van der Waals surface area (Å²) >= 11 is 3.35. The first kappa shape index (κ1) is 16.1. The number of hydrogen-bond acceptors (Lipinski definition) is 4. The number of hydrogen-bond donors (Lipinski definition) is 1. The maximum atomic E-state index is 12.3. The SMILES string of the molecule is CCNC(=O)C1COCCN1CC(=O)c1ccc(Br)cc1. The summed E-state index contributed by atoms with van der Waals surface area (Å²) in [6.45, 7) is 4.14. The van der Waals surface area contributed by atoms with E-state index in [1.165, 1.54) is 0 Å². The number of ketones is 1. The van der Waals surface area contributed by atoms with Crippen molar-refractivity contribution < 1.29 is 14.3 Å². The molecular weight excluding hydrogens is 336 g/mol. The van der Waals surface area contributed by atoms with Crippen LogP contribution in [0.25, 0.3) is 0 Å². The van der Waals surface area contributed by atoms with Crippen LogP contribution in [0.2, 0.25) is 0 Å². The van der Waals surface area contributed by atoms with Crippen molar-refractivity contribution in [3.05, 3.63) is 34.3 Å². The summed E-state index contributed by atoms with van der Waals surface area (Å²) in [6, 6.07) is 6.86. The zero-order valence-corrected chi connectivity index (χ0v) is 13.6. The number of morpholine rings is 1. The number of ether oxygens (including phenoxy) is 1. The molecule has 2 rings (SSSR count). The molecule has 114 valence electrons. The Morgan fingerprint density at radius 1 is 1.38 bits per heavy atom. The Labute approximate surface area is 132 Å². The predicted molar refractivity (Wildman–Crippen MR) is 83.3 cm³/mol. The first-order valence-electron chi connectivity index (χ1n) is 7.00. The van der Waals surface area contributed by atoms with E-state index >= 15 is 0 Å². The van der Waals surface area contributed by atoms with Gasteiger partial charge in [0.25, 0.3) is 0 Å². The largest absolute Gasteiger partial charge is 0.378 e. The molecule has 1 aliphatic heterocycles. The van der Waals surface area contributed by atoms with E-state index in [0.717, 1.165) is 4.47 Å². The highest BCUT2D eigenvalue weighted by Crippen LogP contribution is 2.13. The van der Waals surface area contributed by atoms with Crippen molar-refractivity contribution in [2.45, 2.75) is 13.0 Å². The van der Waals surface area contributed by atoms with Gasteiger partial charge in [-0.1, -0.05) is 28.1 Å². The molecular formula is C15H19BrN2O3. The van der Waals surface area contributed by atoms with Crippen LogP contribution < -0.4 is 5.32 Å². The number of Topliss-reactive ketones (excluding diaryl/α,β-unsaturated/α-hetero) is 1. The van der Waals surface area contributed by atoms with Gasteiger partial charge in [0.05, 0.1) is 19.8 Å². The molecule has 6 heteroatoms. The predicted octanol–water partition coefficient (Wildman–Crippen LogP) is 1.47. The number of carbonyl (C=O) groups is 2. The van der Waals surface area contributed by atoms with Crippen LogP contribution in [0.5, 0.6) is 0 Å². The van der Waals surface area contributed by atoms with Gasteiger partial charge in [0.2, 0.25) is 5.91 Å². The number of amides is 1. The molecule has 0 spiro atoms. The molecule has 1 amide bonds. The van der Waals surface area contributed by atoms with E-state index in [4.69, 9.17) is 4.74 Å². The van der Waals surface area contributed by atoms with Gasteiger partial charge in [0, 0.05) is 23.1 Å². The summed E-state index contributed by atoms with van der Waals surface area (Å²) in [5, 5.41) is 2.79. The van der Waals surface area contributed by atoms with Gasteiger partial charge in [-0.3, -0.25) is 14.5 Å². The third kappa shape index (κ3) is 4.36. The molecule has 1 saturated heterocycles. The number of halogens is 1. The van der Waals surface area contributed by atoms with Crippen molar-refractivity contribution in [2.75, 3.05) is 32.8 Å². The molecule has 21 heavy (non-hydrogen) atoms. The van der Waals surface area contributed by atoms with Crippen LogP contribution in [0.4, 0.5) is 0 Å². The Hall–Kier alpha value is -1.24. The number of likely N-dealkylation sites (N-methyl/N-ethyl adjacent to an activating group) is 1. The average molecular weight is 355 g/mol. The lowest BCUT2D eigenvalue weighted by Crippen LogP contribution is -2.55. The van der Waals surface area contributed by atoms with Gasteiger partial charge < -0.3 is 10.1 Å². The Bertz CT molecular complexity index is 504. The molecule has 1 fully saturated rings. The van der Waals surface area contributed by atoms with E-state index in [-0.39, 0.29) is 18.2 Å². The molecule has 1 aliphatic rings. The van der Waals surface area contributed by atoms with E-state index in [9.17, 15) is 9.59 Å². The van der Waals surface area contributed by atoms with Gasteiger partial charge in [-0.2, -0.15) is 0 Å². The van der Waals surface area contributed by atoms with Crippen LogP contribution in [0.1, 0.15) is 17.3 Å². The van der Waals surface area contributed by atoms with Crippen LogP contribution in [0.15, 0.2) is 28.7 Å². The van der Waals surface area contributed by atoms with Gasteiger partial charge in [-0.15, -0.1) is 0 Å². The smallest absolute Gasteiger partial charge is 0.239 e. The van der Waals surface area contributed by atoms with Crippen LogP contribution in [-0.2, 0) is 9.53 Å². The van der Waals surface area contributed by atoms with E-state index in [0.29, 0.717) is 31.9 Å². The molecule has 0 saturated carbocycles. The van der Waals surface area contributed by atoms with E-state index in [1.54, 1.807) is 12.1 Å². The highest BCUT2D eigenvalue weighted by atomic mass is 79.9. The average Bonchev–Trinajstić information content (AvgIpc) is 2.48. The minimum absolute atomic E-state index is 0.0127. The van der Waals surface area contributed by atoms with E-state index in [2.05, 4.69) is 21.2 Å². The maximum absolute atomic E-state index is 12.3. The number of nitrogens with zero attached hydrogens (tertiary/aromatic N) is 1. The molecule has 1 aromatic carbocycles. The monoisotopic (exact) mass is 354 g/mol. The van der Waals surface area contributed by atoms with Gasteiger partial charge in [0.1, 0.15) is 6.04 Å². The summed E-state index contributed by atoms with van der Waals surface area (Å²) < 4.78 is 6.30. The molecule has 1 heterocycles. The van der Waals surface area contributed by atoms with Crippen molar-refractivity contribution in [2.24, 2.45) is 0 Å². The van der Waals surface area contributed by atoms with Crippen LogP contribution in [-0.4, -0.2) is 55.5 Å². The number of nitrogens with one attached hydrogen (secondary N) is 1. The maximum Gasteiger partial charge on any atom is 0.239 e. The molecule has 1 aromatic rings. The lowest BCUT2D eigenvalue weighted by Gasteiger charge is -2.33. The zero-order valence-electron chi connectivity index (χ0n) is 12.0. The number of rotatable bonds is 5. The Balaban J connectivity index is 2.03. The third-order valence-electron chi connectivity index (χ3n) is 3.41. The summed E-state index contributed by atoms with van der Waals surface area (Å²) in [4.78, 5) is 26.2. The third-order valence-corrected chi connectivity index (χ3v) is 3.93. The van der Waals surface area contributed by atoms with Gasteiger partial charge in [0.15, 0.2) is 5.78 Å². The van der Waals surface area contributed by atoms with Crippen molar-refractivity contribution in [1.29, 1.82) is 0 Å². The Morgan fingerprint density at radius 3 is 2.76 bits per heavy atom. The standard InChI is InChI=1S/C15H19BrN2O3/c1-2-17-15(20)13-10-21-8-7-18(13)9-14(19)11-3-5-12(16)6-4-11/h3-6,13H,2,7-10H2,1H3,(H,17,20). The summed E-state index contributed by atoms with van der Waals surface area (Å²) in [7, 11) is 0. The van der Waals surface area contributed by atoms with E-state index < -0.39 is 6.04 Å². The topological polar surface area (TPSA) is 58.6 Å². The van der Waals surface area contributed by atoms with Crippen molar-refractivity contribution in [1.82, 2.24) is 10.2 Å². The first-order chi connectivity index (χ1) is 10.1. The number of benzene rings is 1. The zero-order chi connectivity index (χ0) is 15.2. The fraction of sp³-hybridized carbons (Fsp3) is 0.467. The Kier molecular flexibility index (Phi) is 5.90. The lowest BCUT2D eigenvalue weighted by atomic mass is 10.1. The molecule has 1 unspecified atom stereocenters. The van der Waals surface area contributed by atoms with Crippen LogP contribution in [0, 0.1) is 0 Å². The summed E-state index contributed by atoms with van der Waals surface area (Å²) in [6.07, 6.45) is 0. The molecule has 1 N–H and O–H groups in total. The molecule has 0 aliphatic carbocycles. The second-order valence-corrected chi connectivity index (χ2v) is 5.80. The fourth-order valence-corrected chi connectivity index (χ4v) is 2.54. The molecule has 1 atom stereocenters. The van der Waals surface area contributed by atoms with E-state index in [1.807, 2.05) is 24.0 Å². The van der Waals surface area contributed by atoms with Crippen LogP contribution in [0.3, 0.4) is 0 Å². The quantitative estimate of drug-likeness (QED) is 0.813. The second kappa shape index (κ2) is 7.68.